The molecule has 50 heavy (non-hydrogen) atoms. The molecule has 0 aliphatic heterocycles. The Morgan fingerprint density at radius 3 is 1.62 bits per heavy atom. The summed E-state index contributed by atoms with van der Waals surface area (Å²) in [5, 5.41) is 4.44. The van der Waals surface area contributed by atoms with Gasteiger partial charge in [-0.25, -0.2) is 15.0 Å². The van der Waals surface area contributed by atoms with Gasteiger partial charge < -0.3 is 8.98 Å². The molecule has 0 saturated carbocycles. The summed E-state index contributed by atoms with van der Waals surface area (Å²) >= 11 is 0. The Bertz CT molecular complexity index is 2780. The van der Waals surface area contributed by atoms with Crippen molar-refractivity contribution >= 4 is 43.7 Å². The van der Waals surface area contributed by atoms with Crippen molar-refractivity contribution in [1.29, 1.82) is 0 Å². The molecule has 3 aromatic heterocycles. The van der Waals surface area contributed by atoms with Gasteiger partial charge in [0.15, 0.2) is 17.5 Å². The number of rotatable bonds is 5. The molecule has 5 heteroatoms. The first kappa shape index (κ1) is 28.2. The number of benzene rings is 7. The Labute approximate surface area is 287 Å². The standard InChI is InChI=1S/C45H28N4O/c1-5-15-29(16-6-1)41-34(45-47-43(30-17-7-2-8-18-30)46-44(48-45)31-19-9-3-10-20-31)25-26-39-42(41)36-27-35-33-23-13-14-24-37(33)49(32-21-11-4-12-22-32)38(35)28-40(36)50-39/h1-28H. The van der Waals surface area contributed by atoms with Gasteiger partial charge in [-0.05, 0) is 42.0 Å². The van der Waals surface area contributed by atoms with E-state index in [2.05, 4.69) is 108 Å². The summed E-state index contributed by atoms with van der Waals surface area (Å²) in [6.07, 6.45) is 0. The number of para-hydroxylation sites is 2. The highest BCUT2D eigenvalue weighted by molar-refractivity contribution is 6.21. The fourth-order valence-corrected chi connectivity index (χ4v) is 7.21. The number of nitrogens with zero attached hydrogens (tertiary/aromatic N) is 4. The molecule has 7 aromatic carbocycles. The lowest BCUT2D eigenvalue weighted by Crippen LogP contribution is -2.01. The smallest absolute Gasteiger partial charge is 0.164 e. The fourth-order valence-electron chi connectivity index (χ4n) is 7.21. The first-order chi connectivity index (χ1) is 24.8. The molecular weight excluding hydrogens is 613 g/mol. The number of furan rings is 1. The monoisotopic (exact) mass is 640 g/mol. The van der Waals surface area contributed by atoms with Crippen LogP contribution in [0.25, 0.3) is 94.7 Å². The average molecular weight is 641 g/mol. The molecule has 0 saturated heterocycles. The molecule has 0 amide bonds. The molecule has 0 spiro atoms. The topological polar surface area (TPSA) is 56.7 Å². The minimum atomic E-state index is 0.606. The Morgan fingerprint density at radius 2 is 0.960 bits per heavy atom. The van der Waals surface area contributed by atoms with Crippen molar-refractivity contribution in [1.82, 2.24) is 19.5 Å². The summed E-state index contributed by atoms with van der Waals surface area (Å²) in [6, 6.07) is 58.4. The van der Waals surface area contributed by atoms with Gasteiger partial charge in [-0.2, -0.15) is 0 Å². The molecule has 10 aromatic rings. The van der Waals surface area contributed by atoms with E-state index in [9.17, 15) is 0 Å². The first-order valence-electron chi connectivity index (χ1n) is 16.7. The van der Waals surface area contributed by atoms with Gasteiger partial charge in [0.2, 0.25) is 0 Å². The second-order valence-corrected chi connectivity index (χ2v) is 12.4. The third kappa shape index (κ3) is 4.52. The predicted octanol–water partition coefficient (Wildman–Crippen LogP) is 11.5. The summed E-state index contributed by atoms with van der Waals surface area (Å²) in [5.41, 5.74) is 9.86. The summed E-state index contributed by atoms with van der Waals surface area (Å²) < 4.78 is 9.04. The van der Waals surface area contributed by atoms with Gasteiger partial charge in [-0.1, -0.05) is 127 Å². The van der Waals surface area contributed by atoms with Crippen LogP contribution in [0, 0.1) is 0 Å². The van der Waals surface area contributed by atoms with Gasteiger partial charge in [0.25, 0.3) is 0 Å². The maximum atomic E-state index is 6.72. The predicted molar refractivity (Wildman–Crippen MR) is 203 cm³/mol. The number of fused-ring (bicyclic) bond motifs is 6. The number of hydrogen-bond acceptors (Lipinski definition) is 4. The molecule has 3 heterocycles. The second kappa shape index (κ2) is 11.4. The van der Waals surface area contributed by atoms with E-state index in [1.165, 1.54) is 10.8 Å². The van der Waals surface area contributed by atoms with Crippen LogP contribution in [-0.2, 0) is 0 Å². The highest BCUT2D eigenvalue weighted by Gasteiger charge is 2.23. The Hall–Kier alpha value is -6.85. The molecule has 0 bridgehead atoms. The molecule has 0 atom stereocenters. The zero-order valence-corrected chi connectivity index (χ0v) is 26.9. The van der Waals surface area contributed by atoms with Crippen molar-refractivity contribution in [3.8, 4) is 51.0 Å². The van der Waals surface area contributed by atoms with Crippen molar-refractivity contribution in [2.75, 3.05) is 0 Å². The highest BCUT2D eigenvalue weighted by Crippen LogP contribution is 2.45. The third-order valence-corrected chi connectivity index (χ3v) is 9.45. The van der Waals surface area contributed by atoms with Gasteiger partial charge in [-0.3, -0.25) is 0 Å². The van der Waals surface area contributed by atoms with E-state index in [0.29, 0.717) is 17.5 Å². The first-order valence-corrected chi connectivity index (χ1v) is 16.7. The van der Waals surface area contributed by atoms with Crippen molar-refractivity contribution in [3.05, 3.63) is 170 Å². The van der Waals surface area contributed by atoms with Gasteiger partial charge >= 0.3 is 0 Å². The van der Waals surface area contributed by atoms with Crippen LogP contribution in [0.15, 0.2) is 174 Å². The highest BCUT2D eigenvalue weighted by atomic mass is 16.3. The molecule has 0 N–H and O–H groups in total. The maximum Gasteiger partial charge on any atom is 0.164 e. The van der Waals surface area contributed by atoms with E-state index in [4.69, 9.17) is 19.4 Å². The molecular formula is C45H28N4O. The van der Waals surface area contributed by atoms with Crippen molar-refractivity contribution < 1.29 is 4.42 Å². The number of hydrogen-bond donors (Lipinski definition) is 0. The van der Waals surface area contributed by atoms with Gasteiger partial charge in [0.05, 0.1) is 11.0 Å². The lowest BCUT2D eigenvalue weighted by atomic mass is 9.93. The van der Waals surface area contributed by atoms with Gasteiger partial charge in [0.1, 0.15) is 11.2 Å². The quantitative estimate of drug-likeness (QED) is 0.188. The van der Waals surface area contributed by atoms with Crippen molar-refractivity contribution in [3.63, 3.8) is 0 Å². The van der Waals surface area contributed by atoms with Gasteiger partial charge in [-0.15, -0.1) is 0 Å². The van der Waals surface area contributed by atoms with Gasteiger partial charge in [0, 0.05) is 55.6 Å². The second-order valence-electron chi connectivity index (χ2n) is 12.4. The normalized spacial score (nSPS) is 11.6. The molecule has 234 valence electrons. The lowest BCUT2D eigenvalue weighted by molar-refractivity contribution is 0.669. The van der Waals surface area contributed by atoms with E-state index in [-0.39, 0.29) is 0 Å². The molecule has 0 aliphatic rings. The van der Waals surface area contributed by atoms with E-state index < -0.39 is 0 Å². The summed E-state index contributed by atoms with van der Waals surface area (Å²) in [4.78, 5) is 15.2. The van der Waals surface area contributed by atoms with Crippen molar-refractivity contribution in [2.45, 2.75) is 0 Å². The van der Waals surface area contributed by atoms with Crippen LogP contribution >= 0.6 is 0 Å². The molecule has 5 nitrogen and oxygen atoms in total. The SMILES string of the molecule is c1ccc(-c2nc(-c3ccccc3)nc(-c3ccc4oc5cc6c(cc5c4c3-c3ccccc3)c3ccccc3n6-c3ccccc3)n2)cc1. The molecule has 0 radical (unpaired) electrons. The molecule has 0 aliphatic carbocycles. The van der Waals surface area contributed by atoms with Crippen molar-refractivity contribution in [2.24, 2.45) is 0 Å². The van der Waals surface area contributed by atoms with Crippen LogP contribution in [0.2, 0.25) is 0 Å². The van der Waals surface area contributed by atoms with E-state index in [0.717, 1.165) is 66.5 Å². The van der Waals surface area contributed by atoms with Crippen LogP contribution in [-0.4, -0.2) is 19.5 Å². The van der Waals surface area contributed by atoms with E-state index in [1.807, 2.05) is 66.7 Å². The fraction of sp³-hybridized carbons (Fsp3) is 0. The average Bonchev–Trinajstić information content (AvgIpc) is 3.72. The third-order valence-electron chi connectivity index (χ3n) is 9.45. The minimum Gasteiger partial charge on any atom is -0.456 e. The lowest BCUT2D eigenvalue weighted by Gasteiger charge is -2.13. The Kier molecular flexibility index (Phi) is 6.42. The van der Waals surface area contributed by atoms with Crippen LogP contribution < -0.4 is 0 Å². The van der Waals surface area contributed by atoms with Crippen LogP contribution in [0.5, 0.6) is 0 Å². The maximum absolute atomic E-state index is 6.72. The molecule has 10 rings (SSSR count). The Balaban J connectivity index is 1.30. The van der Waals surface area contributed by atoms with Crippen LogP contribution in [0.3, 0.4) is 0 Å². The zero-order valence-electron chi connectivity index (χ0n) is 26.9. The van der Waals surface area contributed by atoms with E-state index in [1.54, 1.807) is 0 Å². The number of aromatic nitrogens is 4. The summed E-state index contributed by atoms with van der Waals surface area (Å²) in [6.45, 7) is 0. The van der Waals surface area contributed by atoms with E-state index >= 15 is 0 Å². The largest absolute Gasteiger partial charge is 0.456 e. The van der Waals surface area contributed by atoms with Crippen LogP contribution in [0.4, 0.5) is 0 Å². The minimum absolute atomic E-state index is 0.606. The molecule has 0 unspecified atom stereocenters. The zero-order chi connectivity index (χ0) is 33.0. The summed E-state index contributed by atoms with van der Waals surface area (Å²) in [5.74, 6) is 1.86. The summed E-state index contributed by atoms with van der Waals surface area (Å²) in [7, 11) is 0. The molecule has 0 fully saturated rings. The Morgan fingerprint density at radius 1 is 0.400 bits per heavy atom. The van der Waals surface area contributed by atoms with Crippen LogP contribution in [0.1, 0.15) is 0 Å².